The first kappa shape index (κ1) is 11.2. The smallest absolute Gasteiger partial charge is 0.223 e. The molecule has 0 N–H and O–H groups in total. The topological polar surface area (TPSA) is 38.9 Å². The fourth-order valence-corrected chi connectivity index (χ4v) is 1.51. The molecule has 0 amide bonds. The normalized spacial score (nSPS) is 10.7. The first-order valence-electron chi connectivity index (χ1n) is 5.62. The maximum absolute atomic E-state index is 4.90. The number of hydrogen-bond donors (Lipinski definition) is 0. The Balaban J connectivity index is 1.99. The predicted molar refractivity (Wildman–Crippen MR) is 56.1 cm³/mol. The number of hydrogen-bond acceptors (Lipinski definition) is 3. The van der Waals surface area contributed by atoms with Crippen molar-refractivity contribution < 1.29 is 4.52 Å². The highest BCUT2D eigenvalue weighted by atomic mass is 16.5. The minimum atomic E-state index is 0.672. The monoisotopic (exact) mass is 196 g/mol. The first-order valence-corrected chi connectivity index (χ1v) is 5.62. The van der Waals surface area contributed by atoms with Gasteiger partial charge in [0.2, 0.25) is 5.89 Å². The van der Waals surface area contributed by atoms with Crippen molar-refractivity contribution in [1.29, 1.82) is 0 Å². The summed E-state index contributed by atoms with van der Waals surface area (Å²) in [5.74, 6) is 1.53. The Morgan fingerprint density at radius 1 is 1.07 bits per heavy atom. The number of rotatable bonds is 7. The average Bonchev–Trinajstić information content (AvgIpc) is 2.58. The maximum atomic E-state index is 4.90. The van der Waals surface area contributed by atoms with Crippen LogP contribution in [0.1, 0.15) is 57.2 Å². The quantitative estimate of drug-likeness (QED) is 0.628. The Labute approximate surface area is 85.9 Å². The summed E-state index contributed by atoms with van der Waals surface area (Å²) in [4.78, 5) is 4.17. The molecule has 0 aliphatic rings. The molecule has 0 unspecified atom stereocenters. The molecule has 1 heterocycles. The van der Waals surface area contributed by atoms with Gasteiger partial charge in [-0.3, -0.25) is 0 Å². The molecule has 1 rings (SSSR count). The Morgan fingerprint density at radius 3 is 2.43 bits per heavy atom. The van der Waals surface area contributed by atoms with E-state index in [0.29, 0.717) is 5.89 Å². The van der Waals surface area contributed by atoms with Crippen molar-refractivity contribution in [2.45, 2.75) is 58.8 Å². The summed E-state index contributed by atoms with van der Waals surface area (Å²) in [5.41, 5.74) is 0. The molecule has 80 valence electrons. The van der Waals surface area contributed by atoms with Gasteiger partial charge in [0, 0.05) is 13.3 Å². The molecule has 0 bridgehead atoms. The van der Waals surface area contributed by atoms with Crippen LogP contribution in [0.4, 0.5) is 0 Å². The Kier molecular flexibility index (Phi) is 5.27. The highest BCUT2D eigenvalue weighted by Crippen LogP contribution is 2.07. The van der Waals surface area contributed by atoms with Crippen molar-refractivity contribution in [2.75, 3.05) is 0 Å². The highest BCUT2D eigenvalue weighted by Gasteiger charge is 2.00. The van der Waals surface area contributed by atoms with Gasteiger partial charge in [-0.2, -0.15) is 4.98 Å². The number of aryl methyl sites for hydroxylation is 2. The van der Waals surface area contributed by atoms with E-state index in [1.165, 1.54) is 38.5 Å². The number of aromatic nitrogens is 2. The zero-order valence-corrected chi connectivity index (χ0v) is 9.25. The van der Waals surface area contributed by atoms with Crippen LogP contribution in [0.5, 0.6) is 0 Å². The second kappa shape index (κ2) is 6.57. The molecule has 0 radical (unpaired) electrons. The minimum absolute atomic E-state index is 0.672. The van der Waals surface area contributed by atoms with Crippen LogP contribution in [0, 0.1) is 6.92 Å². The fraction of sp³-hybridized carbons (Fsp3) is 0.818. The molecule has 0 fully saturated rings. The molecule has 0 saturated carbocycles. The lowest BCUT2D eigenvalue weighted by Crippen LogP contribution is -1.88. The second-order valence-corrected chi connectivity index (χ2v) is 3.75. The van der Waals surface area contributed by atoms with Gasteiger partial charge in [0.15, 0.2) is 5.82 Å². The van der Waals surface area contributed by atoms with E-state index in [1.807, 2.05) is 6.92 Å². The lowest BCUT2D eigenvalue weighted by atomic mass is 10.1. The average molecular weight is 196 g/mol. The molecular formula is C11H20N2O. The van der Waals surface area contributed by atoms with Crippen LogP contribution in [0.3, 0.4) is 0 Å². The number of nitrogens with zero attached hydrogens (tertiary/aromatic N) is 2. The van der Waals surface area contributed by atoms with Crippen LogP contribution in [-0.4, -0.2) is 10.1 Å². The van der Waals surface area contributed by atoms with Gasteiger partial charge in [0.25, 0.3) is 0 Å². The molecule has 0 atom stereocenters. The second-order valence-electron chi connectivity index (χ2n) is 3.75. The van der Waals surface area contributed by atoms with E-state index in [2.05, 4.69) is 17.1 Å². The van der Waals surface area contributed by atoms with Crippen molar-refractivity contribution in [1.82, 2.24) is 10.1 Å². The molecule has 0 aromatic carbocycles. The Hall–Kier alpha value is -0.860. The third-order valence-electron chi connectivity index (χ3n) is 2.32. The van der Waals surface area contributed by atoms with E-state index < -0.39 is 0 Å². The van der Waals surface area contributed by atoms with E-state index in [9.17, 15) is 0 Å². The lowest BCUT2D eigenvalue weighted by Gasteiger charge is -1.97. The lowest BCUT2D eigenvalue weighted by molar-refractivity contribution is 0.386. The van der Waals surface area contributed by atoms with Crippen molar-refractivity contribution in [2.24, 2.45) is 0 Å². The van der Waals surface area contributed by atoms with Crippen LogP contribution in [0.2, 0.25) is 0 Å². The van der Waals surface area contributed by atoms with Crippen molar-refractivity contribution in [3.63, 3.8) is 0 Å². The fourth-order valence-electron chi connectivity index (χ4n) is 1.51. The van der Waals surface area contributed by atoms with Crippen LogP contribution in [0.25, 0.3) is 0 Å². The Morgan fingerprint density at radius 2 is 1.79 bits per heavy atom. The third kappa shape index (κ3) is 4.40. The molecule has 0 spiro atoms. The van der Waals surface area contributed by atoms with Gasteiger partial charge in [0.05, 0.1) is 0 Å². The third-order valence-corrected chi connectivity index (χ3v) is 2.32. The van der Waals surface area contributed by atoms with E-state index in [-0.39, 0.29) is 0 Å². The molecule has 1 aromatic heterocycles. The zero-order valence-electron chi connectivity index (χ0n) is 9.25. The first-order chi connectivity index (χ1) is 6.83. The summed E-state index contributed by atoms with van der Waals surface area (Å²) in [6.07, 6.45) is 8.80. The summed E-state index contributed by atoms with van der Waals surface area (Å²) < 4.78 is 4.90. The van der Waals surface area contributed by atoms with Crippen LogP contribution in [-0.2, 0) is 6.42 Å². The predicted octanol–water partition coefficient (Wildman–Crippen LogP) is 3.28. The summed E-state index contributed by atoms with van der Waals surface area (Å²) in [5, 5.41) is 3.86. The van der Waals surface area contributed by atoms with E-state index in [1.54, 1.807) is 0 Å². The molecule has 0 aliphatic carbocycles. The summed E-state index contributed by atoms with van der Waals surface area (Å²) in [6, 6.07) is 0. The molecule has 0 saturated heterocycles. The Bertz CT molecular complexity index is 245. The molecule has 3 nitrogen and oxygen atoms in total. The summed E-state index contributed by atoms with van der Waals surface area (Å²) in [6.45, 7) is 4.07. The van der Waals surface area contributed by atoms with Gasteiger partial charge in [0.1, 0.15) is 0 Å². The van der Waals surface area contributed by atoms with Gasteiger partial charge in [-0.25, -0.2) is 0 Å². The van der Waals surface area contributed by atoms with Crippen molar-refractivity contribution in [3.8, 4) is 0 Å². The molecule has 0 aliphatic heterocycles. The van der Waals surface area contributed by atoms with Gasteiger partial charge in [-0.1, -0.05) is 44.2 Å². The van der Waals surface area contributed by atoms with Gasteiger partial charge < -0.3 is 4.52 Å². The van der Waals surface area contributed by atoms with Crippen molar-refractivity contribution >= 4 is 0 Å². The highest BCUT2D eigenvalue weighted by molar-refractivity contribution is 4.83. The summed E-state index contributed by atoms with van der Waals surface area (Å²) in [7, 11) is 0. The summed E-state index contributed by atoms with van der Waals surface area (Å²) >= 11 is 0. The maximum Gasteiger partial charge on any atom is 0.223 e. The minimum Gasteiger partial charge on any atom is -0.340 e. The van der Waals surface area contributed by atoms with Crippen LogP contribution in [0.15, 0.2) is 4.52 Å². The molecular weight excluding hydrogens is 176 g/mol. The number of unbranched alkanes of at least 4 members (excludes halogenated alkanes) is 5. The molecule has 14 heavy (non-hydrogen) atoms. The largest absolute Gasteiger partial charge is 0.340 e. The molecule has 3 heteroatoms. The van der Waals surface area contributed by atoms with Crippen LogP contribution < -0.4 is 0 Å². The van der Waals surface area contributed by atoms with E-state index in [0.717, 1.165) is 12.2 Å². The molecule has 1 aromatic rings. The standard InChI is InChI=1S/C11H20N2O/c1-3-4-5-6-7-8-9-11-12-10(2)14-13-11/h3-9H2,1-2H3. The van der Waals surface area contributed by atoms with Gasteiger partial charge in [-0.05, 0) is 6.42 Å². The van der Waals surface area contributed by atoms with Gasteiger partial charge >= 0.3 is 0 Å². The van der Waals surface area contributed by atoms with Gasteiger partial charge in [-0.15, -0.1) is 0 Å². The van der Waals surface area contributed by atoms with Crippen molar-refractivity contribution in [3.05, 3.63) is 11.7 Å². The zero-order chi connectivity index (χ0) is 10.2. The SMILES string of the molecule is CCCCCCCCc1noc(C)n1. The van der Waals surface area contributed by atoms with Crippen LogP contribution >= 0.6 is 0 Å². The van der Waals surface area contributed by atoms with E-state index >= 15 is 0 Å². The van der Waals surface area contributed by atoms with E-state index in [4.69, 9.17) is 4.52 Å².